The fourth-order valence-electron chi connectivity index (χ4n) is 5.84. The quantitative estimate of drug-likeness (QED) is 0.0578. The van der Waals surface area contributed by atoms with E-state index in [4.69, 9.17) is 0 Å². The Bertz CT molecular complexity index is 480. The molecule has 0 saturated heterocycles. The molecule has 0 bridgehead atoms. The van der Waals surface area contributed by atoms with Gasteiger partial charge >= 0.3 is 0 Å². The highest BCUT2D eigenvalue weighted by Gasteiger charge is 2.21. The van der Waals surface area contributed by atoms with Gasteiger partial charge in [-0.1, -0.05) is 194 Å². The van der Waals surface area contributed by atoms with Crippen LogP contribution in [0.2, 0.25) is 0 Å². The van der Waals surface area contributed by atoms with Crippen molar-refractivity contribution >= 4 is 11.6 Å². The zero-order valence-corrected chi connectivity index (χ0v) is 27.9. The average molecular weight is 562 g/mol. The van der Waals surface area contributed by atoms with Crippen LogP contribution < -0.4 is 0 Å². The third-order valence-electron chi connectivity index (χ3n) is 8.85. The smallest absolute Gasteiger partial charge is 0.147 e. The molecular weight excluding hydrogens is 488 g/mol. The Balaban J connectivity index is 3.41. The number of unbranched alkanes of at least 4 members (excludes halogenated alkanes) is 28. The summed E-state index contributed by atoms with van der Waals surface area (Å²) < 4.78 is 0. The number of hydrogen-bond acceptors (Lipinski definition) is 2. The monoisotopic (exact) mass is 562 g/mol. The molecule has 2 heteroatoms. The summed E-state index contributed by atoms with van der Waals surface area (Å²) in [6, 6.07) is 0. The van der Waals surface area contributed by atoms with Crippen molar-refractivity contribution in [2.45, 2.75) is 226 Å². The van der Waals surface area contributed by atoms with Gasteiger partial charge in [0.15, 0.2) is 0 Å². The van der Waals surface area contributed by atoms with Gasteiger partial charge in [-0.2, -0.15) is 0 Å². The molecule has 0 aromatic carbocycles. The second-order valence-corrected chi connectivity index (χ2v) is 12.9. The number of carbonyl (C=O) groups is 2. The first-order valence-corrected chi connectivity index (χ1v) is 18.5. The van der Waals surface area contributed by atoms with Crippen molar-refractivity contribution < 1.29 is 9.59 Å². The summed E-state index contributed by atoms with van der Waals surface area (Å²) in [7, 11) is 0. The third kappa shape index (κ3) is 28.9. The van der Waals surface area contributed by atoms with Gasteiger partial charge in [0.2, 0.25) is 0 Å². The second kappa shape index (κ2) is 32.8. The zero-order chi connectivity index (χ0) is 29.4. The molecule has 0 aliphatic carbocycles. The summed E-state index contributed by atoms with van der Waals surface area (Å²) in [5, 5.41) is 0. The number of carbonyl (C=O) groups excluding carboxylic acids is 2. The first-order valence-electron chi connectivity index (χ1n) is 18.5. The highest BCUT2D eigenvalue weighted by atomic mass is 16.1. The molecule has 0 heterocycles. The van der Waals surface area contributed by atoms with Crippen LogP contribution in [0.15, 0.2) is 0 Å². The minimum absolute atomic E-state index is 0.0978. The summed E-state index contributed by atoms with van der Waals surface area (Å²) in [6.45, 7) is 6.33. The molecular formula is C38H73O2. The molecule has 0 amide bonds. The van der Waals surface area contributed by atoms with E-state index in [0.717, 1.165) is 25.7 Å². The molecule has 237 valence electrons. The van der Waals surface area contributed by atoms with E-state index < -0.39 is 0 Å². The van der Waals surface area contributed by atoms with Crippen LogP contribution in [-0.2, 0) is 9.59 Å². The average Bonchev–Trinajstić information content (AvgIpc) is 2.96. The van der Waals surface area contributed by atoms with Gasteiger partial charge in [-0.25, -0.2) is 0 Å². The molecule has 2 nitrogen and oxygen atoms in total. The minimum Gasteiger partial charge on any atom is -0.299 e. The topological polar surface area (TPSA) is 34.1 Å². The largest absolute Gasteiger partial charge is 0.299 e. The summed E-state index contributed by atoms with van der Waals surface area (Å²) in [4.78, 5) is 24.8. The van der Waals surface area contributed by atoms with Crippen molar-refractivity contribution in [3.63, 3.8) is 0 Å². The fourth-order valence-corrected chi connectivity index (χ4v) is 5.84. The third-order valence-corrected chi connectivity index (χ3v) is 8.85. The van der Waals surface area contributed by atoms with E-state index in [9.17, 15) is 9.59 Å². The van der Waals surface area contributed by atoms with Crippen LogP contribution in [0.1, 0.15) is 226 Å². The number of Topliss-reactive ketones (excluding diaryl/α,β-unsaturated/α-hetero) is 2. The fraction of sp³-hybridized carbons (Fsp3) is 0.921. The normalized spacial score (nSPS) is 11.5. The summed E-state index contributed by atoms with van der Waals surface area (Å²) in [6.07, 6.45) is 41.1. The molecule has 0 rings (SSSR count). The zero-order valence-electron chi connectivity index (χ0n) is 27.9. The predicted octanol–water partition coefficient (Wildman–Crippen LogP) is 13.2. The Morgan fingerprint density at radius 2 is 0.475 bits per heavy atom. The van der Waals surface area contributed by atoms with Gasteiger partial charge in [-0.05, 0) is 19.8 Å². The van der Waals surface area contributed by atoms with Crippen molar-refractivity contribution in [3.8, 4) is 0 Å². The van der Waals surface area contributed by atoms with E-state index in [1.165, 1.54) is 167 Å². The van der Waals surface area contributed by atoms with Crippen LogP contribution in [0.3, 0.4) is 0 Å². The van der Waals surface area contributed by atoms with E-state index in [1.54, 1.807) is 6.92 Å². The van der Waals surface area contributed by atoms with Crippen LogP contribution in [0.5, 0.6) is 0 Å². The number of hydrogen-bond donors (Lipinski definition) is 0. The molecule has 1 radical (unpaired) electrons. The van der Waals surface area contributed by atoms with E-state index in [2.05, 4.69) is 13.8 Å². The maximum absolute atomic E-state index is 12.4. The molecule has 0 spiro atoms. The van der Waals surface area contributed by atoms with E-state index in [0.29, 0.717) is 18.8 Å². The summed E-state index contributed by atoms with van der Waals surface area (Å²) in [5.41, 5.74) is 0. The lowest BCUT2D eigenvalue weighted by Crippen LogP contribution is -2.18. The van der Waals surface area contributed by atoms with Crippen LogP contribution in [-0.4, -0.2) is 11.6 Å². The van der Waals surface area contributed by atoms with Crippen molar-refractivity contribution in [2.75, 3.05) is 0 Å². The molecule has 0 saturated carbocycles. The molecule has 0 atom stereocenters. The van der Waals surface area contributed by atoms with Gasteiger partial charge in [0.05, 0.1) is 0 Å². The van der Waals surface area contributed by atoms with Crippen LogP contribution in [0.4, 0.5) is 0 Å². The maximum Gasteiger partial charge on any atom is 0.147 e. The van der Waals surface area contributed by atoms with E-state index >= 15 is 0 Å². The molecule has 0 fully saturated rings. The van der Waals surface area contributed by atoms with Gasteiger partial charge in [0.1, 0.15) is 17.5 Å². The van der Waals surface area contributed by atoms with Gasteiger partial charge in [0.25, 0.3) is 0 Å². The molecule has 0 N–H and O–H groups in total. The molecule has 0 aromatic rings. The van der Waals surface area contributed by atoms with Crippen molar-refractivity contribution in [3.05, 3.63) is 5.92 Å². The first-order chi connectivity index (χ1) is 19.6. The Labute approximate surface area is 253 Å². The van der Waals surface area contributed by atoms with Gasteiger partial charge in [0, 0.05) is 12.8 Å². The molecule has 0 aliphatic rings. The van der Waals surface area contributed by atoms with Crippen molar-refractivity contribution in [1.82, 2.24) is 0 Å². The predicted molar refractivity (Wildman–Crippen MR) is 178 cm³/mol. The van der Waals surface area contributed by atoms with Crippen molar-refractivity contribution in [2.24, 2.45) is 0 Å². The molecule has 0 aromatic heterocycles. The lowest BCUT2D eigenvalue weighted by molar-refractivity contribution is -0.124. The van der Waals surface area contributed by atoms with E-state index in [-0.39, 0.29) is 11.6 Å². The lowest BCUT2D eigenvalue weighted by atomic mass is 9.93. The van der Waals surface area contributed by atoms with Gasteiger partial charge < -0.3 is 0 Å². The van der Waals surface area contributed by atoms with Crippen molar-refractivity contribution in [1.29, 1.82) is 0 Å². The van der Waals surface area contributed by atoms with Crippen LogP contribution in [0.25, 0.3) is 0 Å². The van der Waals surface area contributed by atoms with Crippen LogP contribution >= 0.6 is 0 Å². The summed E-state index contributed by atoms with van der Waals surface area (Å²) >= 11 is 0. The number of rotatable bonds is 34. The first kappa shape index (κ1) is 39.3. The lowest BCUT2D eigenvalue weighted by Gasteiger charge is -2.09. The highest BCUT2D eigenvalue weighted by Crippen LogP contribution is 2.18. The second-order valence-electron chi connectivity index (χ2n) is 12.9. The molecule has 0 unspecified atom stereocenters. The maximum atomic E-state index is 12.4. The molecule has 40 heavy (non-hydrogen) atoms. The Hall–Kier alpha value is -0.660. The minimum atomic E-state index is 0.0978. The van der Waals surface area contributed by atoms with Crippen LogP contribution in [0, 0.1) is 5.92 Å². The summed E-state index contributed by atoms with van der Waals surface area (Å²) in [5.74, 6) is 0.706. The van der Waals surface area contributed by atoms with E-state index in [1.807, 2.05) is 0 Å². The number of ketones is 2. The van der Waals surface area contributed by atoms with Gasteiger partial charge in [-0.3, -0.25) is 9.59 Å². The Kier molecular flexibility index (Phi) is 32.3. The Morgan fingerprint density at radius 3 is 0.675 bits per heavy atom. The van der Waals surface area contributed by atoms with Gasteiger partial charge in [-0.15, -0.1) is 0 Å². The highest BCUT2D eigenvalue weighted by molar-refractivity contribution is 6.15. The standard InChI is InChI=1S/C38H73O2/c1-4-6-8-10-12-14-16-18-20-22-24-26-28-30-32-34-37(39)36(3)38(40)35-33-31-29-27-25-23-21-19-17-15-13-11-9-7-5-2/h4-35H2,1-3H3. The Morgan fingerprint density at radius 1 is 0.300 bits per heavy atom. The SMILES string of the molecule is CCCCCCCCCCCCCCCCCC(=O)[C](C)C(=O)CCCCCCCCCCCCCCCCC. The molecule has 0 aliphatic heterocycles.